The Morgan fingerprint density at radius 3 is 2.90 bits per heavy atom. The fourth-order valence-corrected chi connectivity index (χ4v) is 1.96. The molecule has 1 atom stereocenters. The first kappa shape index (κ1) is 14.7. The molecule has 4 nitrogen and oxygen atoms in total. The van der Waals surface area contributed by atoms with Crippen LogP contribution in [0.3, 0.4) is 0 Å². The van der Waals surface area contributed by atoms with E-state index >= 15 is 0 Å². The van der Waals surface area contributed by atoms with E-state index < -0.39 is 0 Å². The predicted molar refractivity (Wildman–Crippen MR) is 81.1 cm³/mol. The molecular formula is C16H24N2O2. The van der Waals surface area contributed by atoms with Crippen LogP contribution in [0.2, 0.25) is 0 Å². The zero-order chi connectivity index (χ0) is 14.5. The Morgan fingerprint density at radius 1 is 1.50 bits per heavy atom. The van der Waals surface area contributed by atoms with E-state index in [1.807, 2.05) is 43.1 Å². The molecule has 0 heterocycles. The number of likely N-dealkylation sites (N-methyl/N-ethyl adjacent to an activating group) is 1. The molecular weight excluding hydrogens is 252 g/mol. The van der Waals surface area contributed by atoms with Crippen LogP contribution in [0.4, 0.5) is 5.69 Å². The van der Waals surface area contributed by atoms with E-state index in [0.717, 1.165) is 30.7 Å². The zero-order valence-electron chi connectivity index (χ0n) is 12.6. The molecule has 1 saturated carbocycles. The van der Waals surface area contributed by atoms with Gasteiger partial charge in [-0.2, -0.15) is 0 Å². The second kappa shape index (κ2) is 6.64. The number of hydrogen-bond acceptors (Lipinski definition) is 3. The number of carbonyl (C=O) groups excluding carboxylic acids is 1. The van der Waals surface area contributed by atoms with Gasteiger partial charge in [-0.3, -0.25) is 4.79 Å². The lowest BCUT2D eigenvalue weighted by atomic mass is 10.2. The van der Waals surface area contributed by atoms with Crippen LogP contribution in [0.1, 0.15) is 33.1 Å². The smallest absolute Gasteiger partial charge is 0.241 e. The molecule has 2 rings (SSSR count). The van der Waals surface area contributed by atoms with Crippen molar-refractivity contribution in [3.8, 4) is 5.75 Å². The van der Waals surface area contributed by atoms with E-state index in [2.05, 4.69) is 12.2 Å². The number of hydrogen-bond donors (Lipinski definition) is 1. The summed E-state index contributed by atoms with van der Waals surface area (Å²) in [6.07, 6.45) is 3.45. The molecule has 1 aliphatic carbocycles. The number of amides is 1. The van der Waals surface area contributed by atoms with Gasteiger partial charge in [0.2, 0.25) is 5.91 Å². The third-order valence-corrected chi connectivity index (χ3v) is 3.68. The van der Waals surface area contributed by atoms with Crippen molar-refractivity contribution in [2.75, 3.05) is 18.9 Å². The normalized spacial score (nSPS) is 15.6. The van der Waals surface area contributed by atoms with E-state index in [1.165, 1.54) is 0 Å². The third kappa shape index (κ3) is 4.15. The van der Waals surface area contributed by atoms with Gasteiger partial charge >= 0.3 is 0 Å². The second-order valence-corrected chi connectivity index (χ2v) is 5.45. The van der Waals surface area contributed by atoms with Crippen molar-refractivity contribution >= 4 is 11.6 Å². The van der Waals surface area contributed by atoms with Gasteiger partial charge in [-0.05, 0) is 38.3 Å². The van der Waals surface area contributed by atoms with Crippen molar-refractivity contribution in [1.82, 2.24) is 4.90 Å². The summed E-state index contributed by atoms with van der Waals surface area (Å²) in [7, 11) is 1.88. The first-order valence-corrected chi connectivity index (χ1v) is 7.36. The molecule has 1 amide bonds. The molecule has 0 radical (unpaired) electrons. The molecule has 0 aromatic heterocycles. The molecule has 1 aromatic rings. The summed E-state index contributed by atoms with van der Waals surface area (Å²) in [5.74, 6) is 0.980. The maximum atomic E-state index is 11.9. The third-order valence-electron chi connectivity index (χ3n) is 3.68. The highest BCUT2D eigenvalue weighted by Gasteiger charge is 2.29. The molecule has 110 valence electrons. The SMILES string of the molecule is CCC(C)Oc1cccc(NCC(=O)N(C)C2CC2)c1. The molecule has 1 aliphatic rings. The number of nitrogens with one attached hydrogen (secondary N) is 1. The molecule has 0 aliphatic heterocycles. The highest BCUT2D eigenvalue weighted by atomic mass is 16.5. The number of rotatable bonds is 7. The van der Waals surface area contributed by atoms with E-state index in [1.54, 1.807) is 0 Å². The monoisotopic (exact) mass is 276 g/mol. The first-order chi connectivity index (χ1) is 9.60. The fourth-order valence-electron chi connectivity index (χ4n) is 1.96. The van der Waals surface area contributed by atoms with E-state index in [9.17, 15) is 4.79 Å². The molecule has 1 fully saturated rings. The van der Waals surface area contributed by atoms with Crippen LogP contribution in [0.15, 0.2) is 24.3 Å². The topological polar surface area (TPSA) is 41.6 Å². The molecule has 0 spiro atoms. The second-order valence-electron chi connectivity index (χ2n) is 5.45. The zero-order valence-corrected chi connectivity index (χ0v) is 12.6. The van der Waals surface area contributed by atoms with Gasteiger partial charge in [0, 0.05) is 24.8 Å². The summed E-state index contributed by atoms with van der Waals surface area (Å²) in [5.41, 5.74) is 0.920. The molecule has 0 saturated heterocycles. The van der Waals surface area contributed by atoms with Crippen molar-refractivity contribution in [1.29, 1.82) is 0 Å². The fraction of sp³-hybridized carbons (Fsp3) is 0.562. The van der Waals surface area contributed by atoms with Gasteiger partial charge < -0.3 is 15.0 Å². The lowest BCUT2D eigenvalue weighted by molar-refractivity contribution is -0.128. The Bertz CT molecular complexity index is 458. The lowest BCUT2D eigenvalue weighted by Crippen LogP contribution is -2.33. The number of ether oxygens (including phenoxy) is 1. The van der Waals surface area contributed by atoms with Gasteiger partial charge in [0.25, 0.3) is 0 Å². The van der Waals surface area contributed by atoms with Crippen molar-refractivity contribution in [3.63, 3.8) is 0 Å². The minimum Gasteiger partial charge on any atom is -0.491 e. The van der Waals surface area contributed by atoms with Crippen LogP contribution in [0.5, 0.6) is 5.75 Å². The molecule has 1 aromatic carbocycles. The summed E-state index contributed by atoms with van der Waals surface area (Å²) in [4.78, 5) is 13.8. The van der Waals surface area contributed by atoms with Crippen LogP contribution < -0.4 is 10.1 Å². The van der Waals surface area contributed by atoms with Gasteiger partial charge in [0.15, 0.2) is 0 Å². The van der Waals surface area contributed by atoms with E-state index in [4.69, 9.17) is 4.74 Å². The minimum atomic E-state index is 0.140. The van der Waals surface area contributed by atoms with Gasteiger partial charge in [-0.25, -0.2) is 0 Å². The van der Waals surface area contributed by atoms with E-state index in [-0.39, 0.29) is 12.0 Å². The van der Waals surface area contributed by atoms with Crippen LogP contribution in [-0.2, 0) is 4.79 Å². The van der Waals surface area contributed by atoms with Crippen molar-refractivity contribution < 1.29 is 9.53 Å². The first-order valence-electron chi connectivity index (χ1n) is 7.36. The highest BCUT2D eigenvalue weighted by molar-refractivity contribution is 5.81. The average Bonchev–Trinajstić information content (AvgIpc) is 3.28. The Kier molecular flexibility index (Phi) is 4.88. The molecule has 4 heteroatoms. The van der Waals surface area contributed by atoms with Crippen molar-refractivity contribution in [2.24, 2.45) is 0 Å². The van der Waals surface area contributed by atoms with Gasteiger partial charge in [0.1, 0.15) is 5.75 Å². The van der Waals surface area contributed by atoms with Crippen LogP contribution in [-0.4, -0.2) is 36.5 Å². The predicted octanol–water partition coefficient (Wildman–Crippen LogP) is 2.90. The van der Waals surface area contributed by atoms with Gasteiger partial charge in [0.05, 0.1) is 12.6 Å². The average molecular weight is 276 g/mol. The van der Waals surface area contributed by atoms with Gasteiger partial charge in [-0.15, -0.1) is 0 Å². The maximum absolute atomic E-state index is 11.9. The quantitative estimate of drug-likeness (QED) is 0.832. The maximum Gasteiger partial charge on any atom is 0.241 e. The Hall–Kier alpha value is -1.71. The standard InChI is InChI=1S/C16H24N2O2/c1-4-12(2)20-15-7-5-6-13(10-15)17-11-16(19)18(3)14-8-9-14/h5-7,10,12,14,17H,4,8-9,11H2,1-3H3. The Labute approximate surface area is 121 Å². The molecule has 1 unspecified atom stereocenters. The summed E-state index contributed by atoms with van der Waals surface area (Å²) < 4.78 is 5.77. The number of benzene rings is 1. The van der Waals surface area contributed by atoms with Crippen LogP contribution in [0.25, 0.3) is 0 Å². The van der Waals surface area contributed by atoms with Crippen LogP contribution >= 0.6 is 0 Å². The minimum absolute atomic E-state index is 0.140. The van der Waals surface area contributed by atoms with E-state index in [0.29, 0.717) is 12.6 Å². The highest BCUT2D eigenvalue weighted by Crippen LogP contribution is 2.25. The number of anilines is 1. The number of nitrogens with zero attached hydrogens (tertiary/aromatic N) is 1. The van der Waals surface area contributed by atoms with Crippen LogP contribution in [0, 0.1) is 0 Å². The van der Waals surface area contributed by atoms with Gasteiger partial charge in [-0.1, -0.05) is 13.0 Å². The molecule has 0 bridgehead atoms. The van der Waals surface area contributed by atoms with Crippen molar-refractivity contribution in [3.05, 3.63) is 24.3 Å². The largest absolute Gasteiger partial charge is 0.491 e. The summed E-state index contributed by atoms with van der Waals surface area (Å²) >= 11 is 0. The Balaban J connectivity index is 1.85. The summed E-state index contributed by atoms with van der Waals surface area (Å²) in [5, 5.41) is 3.17. The summed E-state index contributed by atoms with van der Waals surface area (Å²) in [6.45, 7) is 4.48. The number of carbonyl (C=O) groups is 1. The van der Waals surface area contributed by atoms with Crippen molar-refractivity contribution in [2.45, 2.75) is 45.3 Å². The molecule has 20 heavy (non-hydrogen) atoms. The Morgan fingerprint density at radius 2 is 2.25 bits per heavy atom. The molecule has 1 N–H and O–H groups in total. The lowest BCUT2D eigenvalue weighted by Gasteiger charge is -2.17. The summed E-state index contributed by atoms with van der Waals surface area (Å²) in [6, 6.07) is 8.24.